The minimum atomic E-state index is -0.937. The minimum Gasteiger partial charge on any atom is -0.481 e. The quantitative estimate of drug-likeness (QED) is 0.0559. The molecule has 0 amide bonds. The lowest BCUT2D eigenvalue weighted by molar-refractivity contribution is -0.167. The number of esters is 3. The largest absolute Gasteiger partial charge is 0.481 e. The summed E-state index contributed by atoms with van der Waals surface area (Å²) < 4.78 is 15.9. The smallest absolute Gasteiger partial charge is 0.306 e. The molecule has 0 aliphatic heterocycles. The third kappa shape index (κ3) is 28.4. The summed E-state index contributed by atoms with van der Waals surface area (Å²) >= 11 is 0. The van der Waals surface area contributed by atoms with Gasteiger partial charge < -0.3 is 29.5 Å². The molecule has 12 heteroatoms. The summed E-state index contributed by atoms with van der Waals surface area (Å²) in [4.78, 5) is 68.3. The van der Waals surface area contributed by atoms with Gasteiger partial charge in [0.15, 0.2) is 6.10 Å². The molecule has 0 aliphatic carbocycles. The Morgan fingerprint density at radius 1 is 0.381 bits per heavy atom. The van der Waals surface area contributed by atoms with Crippen molar-refractivity contribution in [2.24, 2.45) is 0 Å². The van der Waals surface area contributed by atoms with E-state index in [4.69, 9.17) is 29.5 Å². The molecule has 0 spiro atoms. The van der Waals surface area contributed by atoms with Gasteiger partial charge in [0.05, 0.1) is 0 Å². The molecule has 0 fully saturated rings. The van der Waals surface area contributed by atoms with E-state index in [9.17, 15) is 28.8 Å². The van der Waals surface area contributed by atoms with Gasteiger partial charge in [-0.15, -0.1) is 0 Å². The van der Waals surface area contributed by atoms with Crippen LogP contribution in [0.2, 0.25) is 0 Å². The second-order valence-electron chi connectivity index (χ2n) is 10.5. The molecule has 0 aromatic carbocycles. The van der Waals surface area contributed by atoms with Gasteiger partial charge in [0.25, 0.3) is 0 Å². The highest BCUT2D eigenvalue weighted by atomic mass is 16.6. The average Bonchev–Trinajstić information content (AvgIpc) is 2.92. The summed E-state index contributed by atoms with van der Waals surface area (Å²) in [6, 6.07) is 0. The van der Waals surface area contributed by atoms with Gasteiger partial charge in [0, 0.05) is 38.5 Å². The number of carboxylic acid groups (broad SMARTS) is 3. The van der Waals surface area contributed by atoms with Crippen LogP contribution in [0.5, 0.6) is 0 Å². The predicted octanol–water partition coefficient (Wildman–Crippen LogP) is 5.43. The molecule has 0 saturated heterocycles. The first-order valence-electron chi connectivity index (χ1n) is 15.3. The van der Waals surface area contributed by atoms with Gasteiger partial charge >= 0.3 is 35.8 Å². The molecule has 0 saturated carbocycles. The summed E-state index contributed by atoms with van der Waals surface area (Å²) in [5, 5.41) is 26.0. The predicted molar refractivity (Wildman–Crippen MR) is 152 cm³/mol. The SMILES string of the molecule is O=C(O)CCCCCCCC(=O)OCC(COC(=O)CCCCCCCC(=O)O)OC(=O)CCCCCCCC(=O)O. The molecule has 3 N–H and O–H groups in total. The Balaban J connectivity index is 4.42. The van der Waals surface area contributed by atoms with Crippen molar-refractivity contribution < 1.29 is 58.3 Å². The molecule has 0 aliphatic rings. The fourth-order valence-electron chi connectivity index (χ4n) is 4.10. The molecule has 0 bridgehead atoms. The highest BCUT2D eigenvalue weighted by molar-refractivity contribution is 5.71. The van der Waals surface area contributed by atoms with Gasteiger partial charge in [-0.2, -0.15) is 0 Å². The number of ether oxygens (including phenoxy) is 3. The van der Waals surface area contributed by atoms with Crippen LogP contribution in [0.3, 0.4) is 0 Å². The van der Waals surface area contributed by atoms with E-state index in [0.717, 1.165) is 57.8 Å². The van der Waals surface area contributed by atoms with Crippen LogP contribution in [0.15, 0.2) is 0 Å². The van der Waals surface area contributed by atoms with Gasteiger partial charge in [-0.25, -0.2) is 0 Å². The Morgan fingerprint density at radius 2 is 0.643 bits per heavy atom. The normalized spacial score (nSPS) is 10.8. The third-order valence-corrected chi connectivity index (χ3v) is 6.47. The zero-order valence-corrected chi connectivity index (χ0v) is 24.9. The van der Waals surface area contributed by atoms with Crippen LogP contribution in [0.4, 0.5) is 0 Å². The van der Waals surface area contributed by atoms with E-state index >= 15 is 0 Å². The van der Waals surface area contributed by atoms with E-state index < -0.39 is 41.9 Å². The van der Waals surface area contributed by atoms with E-state index in [1.165, 1.54) is 0 Å². The maximum absolute atomic E-state index is 12.3. The summed E-state index contributed by atoms with van der Waals surface area (Å²) in [5.74, 6) is -3.89. The molecule has 0 heterocycles. The first-order chi connectivity index (χ1) is 20.1. The molecule has 0 unspecified atom stereocenters. The fourth-order valence-corrected chi connectivity index (χ4v) is 4.10. The van der Waals surface area contributed by atoms with E-state index in [0.29, 0.717) is 38.5 Å². The number of aliphatic carboxylic acids is 3. The van der Waals surface area contributed by atoms with Crippen LogP contribution < -0.4 is 0 Å². The van der Waals surface area contributed by atoms with Gasteiger partial charge in [-0.05, 0) is 38.5 Å². The van der Waals surface area contributed by atoms with Crippen LogP contribution in [0.1, 0.15) is 135 Å². The summed E-state index contributed by atoms with van der Waals surface area (Å²) in [5.41, 5.74) is 0. The number of carboxylic acids is 3. The maximum atomic E-state index is 12.3. The zero-order valence-electron chi connectivity index (χ0n) is 24.9. The number of carbonyl (C=O) groups is 6. The lowest BCUT2D eigenvalue weighted by Gasteiger charge is -2.18. The number of hydrogen-bond acceptors (Lipinski definition) is 9. The van der Waals surface area contributed by atoms with E-state index in [-0.39, 0.29) is 51.7 Å². The van der Waals surface area contributed by atoms with Gasteiger partial charge in [-0.1, -0.05) is 57.8 Å². The van der Waals surface area contributed by atoms with Crippen molar-refractivity contribution in [2.75, 3.05) is 13.2 Å². The Kier molecular flexibility index (Phi) is 24.7. The third-order valence-electron chi connectivity index (χ3n) is 6.47. The number of hydrogen-bond donors (Lipinski definition) is 3. The first kappa shape index (κ1) is 38.8. The van der Waals surface area contributed by atoms with Gasteiger partial charge in [-0.3, -0.25) is 28.8 Å². The molecule has 0 rings (SSSR count). The molecule has 0 aromatic rings. The van der Waals surface area contributed by atoms with Crippen LogP contribution in [-0.2, 0) is 43.0 Å². The number of unbranched alkanes of at least 4 members (excludes halogenated alkanes) is 12. The van der Waals surface area contributed by atoms with Crippen LogP contribution in [0.25, 0.3) is 0 Å². The summed E-state index contributed by atoms with van der Waals surface area (Å²) in [7, 11) is 0. The zero-order chi connectivity index (χ0) is 31.4. The molecular formula is C30H50O12. The maximum Gasteiger partial charge on any atom is 0.306 e. The van der Waals surface area contributed by atoms with Crippen molar-refractivity contribution in [3.63, 3.8) is 0 Å². The average molecular weight is 603 g/mol. The second kappa shape index (κ2) is 26.7. The van der Waals surface area contributed by atoms with Gasteiger partial charge in [0.1, 0.15) is 13.2 Å². The molecule has 242 valence electrons. The highest BCUT2D eigenvalue weighted by Crippen LogP contribution is 2.12. The fraction of sp³-hybridized carbons (Fsp3) is 0.800. The Bertz CT molecular complexity index is 751. The Labute approximate surface area is 248 Å². The Morgan fingerprint density at radius 3 is 0.952 bits per heavy atom. The molecule has 42 heavy (non-hydrogen) atoms. The molecule has 12 nitrogen and oxygen atoms in total. The van der Waals surface area contributed by atoms with Crippen molar-refractivity contribution in [2.45, 2.75) is 141 Å². The minimum absolute atomic E-state index is 0.126. The van der Waals surface area contributed by atoms with E-state index in [1.807, 2.05) is 0 Å². The summed E-state index contributed by atoms with van der Waals surface area (Å²) in [6.45, 7) is -0.482. The van der Waals surface area contributed by atoms with E-state index in [1.54, 1.807) is 0 Å². The van der Waals surface area contributed by atoms with Crippen molar-refractivity contribution in [1.29, 1.82) is 0 Å². The lowest BCUT2D eigenvalue weighted by atomic mass is 10.1. The summed E-state index contributed by atoms with van der Waals surface area (Å²) in [6.07, 6.45) is 10.5. The molecular weight excluding hydrogens is 552 g/mol. The van der Waals surface area contributed by atoms with Crippen molar-refractivity contribution in [3.05, 3.63) is 0 Å². The van der Waals surface area contributed by atoms with Crippen LogP contribution in [0, 0.1) is 0 Å². The second-order valence-corrected chi connectivity index (χ2v) is 10.5. The molecule has 0 aromatic heterocycles. The van der Waals surface area contributed by atoms with Crippen molar-refractivity contribution in [3.8, 4) is 0 Å². The molecule has 0 atom stereocenters. The monoisotopic (exact) mass is 602 g/mol. The van der Waals surface area contributed by atoms with Crippen LogP contribution >= 0.6 is 0 Å². The lowest BCUT2D eigenvalue weighted by Crippen LogP contribution is -2.30. The Hall–Kier alpha value is -3.18. The topological polar surface area (TPSA) is 191 Å². The van der Waals surface area contributed by atoms with E-state index in [2.05, 4.69) is 0 Å². The standard InChI is InChI=1S/C30H50O12/c31-25(32)16-10-4-1-7-13-19-28(37)40-22-24(42-30(39)21-15-9-3-6-12-18-27(35)36)23-41-29(38)20-14-8-2-5-11-17-26(33)34/h24H,1-23H2,(H,31,32)(H,33,34)(H,35,36). The highest BCUT2D eigenvalue weighted by Gasteiger charge is 2.19. The number of carbonyl (C=O) groups excluding carboxylic acids is 3. The van der Waals surface area contributed by atoms with Crippen LogP contribution in [-0.4, -0.2) is 70.5 Å². The van der Waals surface area contributed by atoms with Crippen molar-refractivity contribution >= 4 is 35.8 Å². The van der Waals surface area contributed by atoms with Crippen molar-refractivity contribution in [1.82, 2.24) is 0 Å². The first-order valence-corrected chi connectivity index (χ1v) is 15.3. The molecule has 0 radical (unpaired) electrons. The van der Waals surface area contributed by atoms with Gasteiger partial charge in [0.2, 0.25) is 0 Å². The number of rotatable bonds is 29.